The average Bonchev–Trinajstić information content (AvgIpc) is 3.07. The molecule has 164 valence electrons. The van der Waals surface area contributed by atoms with Crippen LogP contribution in [-0.4, -0.2) is 38.0 Å². The number of para-hydroxylation sites is 1. The molecule has 1 fully saturated rings. The number of benzene rings is 1. The van der Waals surface area contributed by atoms with Crippen molar-refractivity contribution in [2.24, 2.45) is 0 Å². The Labute approximate surface area is 188 Å². The van der Waals surface area contributed by atoms with Gasteiger partial charge in [0.05, 0.1) is 10.6 Å². The zero-order chi connectivity index (χ0) is 21.7. The number of aromatic nitrogens is 3. The predicted octanol–water partition coefficient (Wildman–Crippen LogP) is 4.26. The molecule has 7 heteroatoms. The molecule has 3 heterocycles. The van der Waals surface area contributed by atoms with Gasteiger partial charge in [0.25, 0.3) is 0 Å². The van der Waals surface area contributed by atoms with Crippen LogP contribution in [0.25, 0.3) is 0 Å². The van der Waals surface area contributed by atoms with Crippen LogP contribution in [0.1, 0.15) is 53.2 Å². The summed E-state index contributed by atoms with van der Waals surface area (Å²) in [6.45, 7) is 7.11. The SMILES string of the molecule is CCc1ncc(CN2CCC[C@@](O)(c3nc(C)c(COc4ccccc4)s3)CC2)cn1. The molecule has 2 aromatic heterocycles. The quantitative estimate of drug-likeness (QED) is 0.594. The number of nitrogens with zero attached hydrogens (tertiary/aromatic N) is 4. The Bertz CT molecular complexity index is 977. The maximum absolute atomic E-state index is 11.5. The van der Waals surface area contributed by atoms with E-state index in [0.717, 1.165) is 71.6 Å². The van der Waals surface area contributed by atoms with Gasteiger partial charge in [-0.3, -0.25) is 4.90 Å². The highest BCUT2D eigenvalue weighted by Gasteiger charge is 2.35. The highest BCUT2D eigenvalue weighted by atomic mass is 32.1. The van der Waals surface area contributed by atoms with Gasteiger partial charge in [0.15, 0.2) is 0 Å². The smallest absolute Gasteiger partial charge is 0.127 e. The first-order valence-corrected chi connectivity index (χ1v) is 11.8. The van der Waals surface area contributed by atoms with Crippen molar-refractivity contribution >= 4 is 11.3 Å². The summed E-state index contributed by atoms with van der Waals surface area (Å²) in [5.74, 6) is 1.72. The van der Waals surface area contributed by atoms with Gasteiger partial charge in [-0.05, 0) is 44.9 Å². The minimum Gasteiger partial charge on any atom is -0.488 e. The number of rotatable bonds is 7. The second kappa shape index (κ2) is 9.85. The molecule has 4 rings (SSSR count). The van der Waals surface area contributed by atoms with E-state index in [1.54, 1.807) is 11.3 Å². The zero-order valence-corrected chi connectivity index (χ0v) is 19.1. The minimum atomic E-state index is -0.877. The lowest BCUT2D eigenvalue weighted by atomic mass is 9.96. The molecule has 1 aliphatic rings. The van der Waals surface area contributed by atoms with E-state index in [0.29, 0.717) is 13.0 Å². The summed E-state index contributed by atoms with van der Waals surface area (Å²) in [6, 6.07) is 9.80. The predicted molar refractivity (Wildman–Crippen MR) is 122 cm³/mol. The Morgan fingerprint density at radius 3 is 2.65 bits per heavy atom. The molecule has 1 saturated heterocycles. The largest absolute Gasteiger partial charge is 0.488 e. The normalized spacial score (nSPS) is 19.8. The van der Waals surface area contributed by atoms with Crippen LogP contribution in [0, 0.1) is 6.92 Å². The summed E-state index contributed by atoms with van der Waals surface area (Å²) in [5, 5.41) is 12.3. The lowest BCUT2D eigenvalue weighted by molar-refractivity contribution is 0.0207. The Kier molecular flexibility index (Phi) is 6.95. The third-order valence-corrected chi connectivity index (χ3v) is 7.12. The maximum atomic E-state index is 11.5. The molecule has 0 unspecified atom stereocenters. The van der Waals surface area contributed by atoms with Crippen LogP contribution in [-0.2, 0) is 25.2 Å². The highest BCUT2D eigenvalue weighted by Crippen LogP contribution is 2.37. The summed E-state index contributed by atoms with van der Waals surface area (Å²) in [4.78, 5) is 17.0. The Balaban J connectivity index is 1.39. The van der Waals surface area contributed by atoms with E-state index in [9.17, 15) is 5.11 Å². The van der Waals surface area contributed by atoms with Gasteiger partial charge < -0.3 is 9.84 Å². The summed E-state index contributed by atoms with van der Waals surface area (Å²) >= 11 is 1.58. The van der Waals surface area contributed by atoms with E-state index in [1.165, 1.54) is 0 Å². The summed E-state index contributed by atoms with van der Waals surface area (Å²) < 4.78 is 5.90. The first-order valence-electron chi connectivity index (χ1n) is 10.9. The van der Waals surface area contributed by atoms with Crippen LogP contribution in [0.3, 0.4) is 0 Å². The lowest BCUT2D eigenvalue weighted by Crippen LogP contribution is -2.29. The number of aryl methyl sites for hydroxylation is 2. The Morgan fingerprint density at radius 1 is 1.13 bits per heavy atom. The fourth-order valence-corrected chi connectivity index (χ4v) is 5.00. The Hall–Kier alpha value is -2.35. The first-order chi connectivity index (χ1) is 15.1. The molecule has 1 atom stereocenters. The molecule has 0 saturated carbocycles. The van der Waals surface area contributed by atoms with Crippen LogP contribution in [0.4, 0.5) is 0 Å². The van der Waals surface area contributed by atoms with Gasteiger partial charge in [0.2, 0.25) is 0 Å². The van der Waals surface area contributed by atoms with Crippen molar-refractivity contribution in [3.05, 3.63) is 69.7 Å². The number of ether oxygens (including phenoxy) is 1. The molecule has 6 nitrogen and oxygen atoms in total. The van der Waals surface area contributed by atoms with Gasteiger partial charge >= 0.3 is 0 Å². The van der Waals surface area contributed by atoms with Gasteiger partial charge in [-0.15, -0.1) is 11.3 Å². The molecule has 31 heavy (non-hydrogen) atoms. The second-order valence-electron chi connectivity index (χ2n) is 8.15. The van der Waals surface area contributed by atoms with Crippen LogP contribution in [0.15, 0.2) is 42.7 Å². The molecule has 0 bridgehead atoms. The fourth-order valence-electron chi connectivity index (χ4n) is 3.88. The maximum Gasteiger partial charge on any atom is 0.127 e. The summed E-state index contributed by atoms with van der Waals surface area (Å²) in [5.41, 5.74) is 1.18. The molecular formula is C24H30N4O2S. The number of hydrogen-bond acceptors (Lipinski definition) is 7. The second-order valence-corrected chi connectivity index (χ2v) is 9.24. The minimum absolute atomic E-state index is 0.476. The van der Waals surface area contributed by atoms with Crippen LogP contribution < -0.4 is 4.74 Å². The first kappa shape index (κ1) is 21.9. The van der Waals surface area contributed by atoms with Crippen molar-refractivity contribution < 1.29 is 9.84 Å². The van der Waals surface area contributed by atoms with Crippen molar-refractivity contribution in [3.63, 3.8) is 0 Å². The van der Waals surface area contributed by atoms with Crippen molar-refractivity contribution in [1.29, 1.82) is 0 Å². The molecule has 0 spiro atoms. The van der Waals surface area contributed by atoms with Gasteiger partial charge in [0.1, 0.15) is 28.8 Å². The molecular weight excluding hydrogens is 408 g/mol. The summed E-state index contributed by atoms with van der Waals surface area (Å²) in [6.07, 6.45) is 7.02. The highest BCUT2D eigenvalue weighted by molar-refractivity contribution is 7.11. The van der Waals surface area contributed by atoms with Gasteiger partial charge in [0, 0.05) is 37.5 Å². The number of hydrogen-bond donors (Lipinski definition) is 1. The summed E-state index contributed by atoms with van der Waals surface area (Å²) in [7, 11) is 0. The third-order valence-electron chi connectivity index (χ3n) is 5.79. The van der Waals surface area contributed by atoms with Crippen molar-refractivity contribution in [2.75, 3.05) is 13.1 Å². The average molecular weight is 439 g/mol. The molecule has 1 aliphatic heterocycles. The molecule has 3 aromatic rings. The standard InChI is InChI=1S/C24H30N4O2S/c1-3-22-25-14-19(15-26-22)16-28-12-7-10-24(29,11-13-28)23-27-18(2)21(31-23)17-30-20-8-5-4-6-9-20/h4-6,8-9,14-15,29H,3,7,10-13,16-17H2,1-2H3/t24-/m0/s1. The van der Waals surface area contributed by atoms with E-state index >= 15 is 0 Å². The lowest BCUT2D eigenvalue weighted by Gasteiger charge is -2.24. The number of thiazole rings is 1. The third kappa shape index (κ3) is 5.47. The van der Waals surface area contributed by atoms with E-state index in [1.807, 2.05) is 49.6 Å². The van der Waals surface area contributed by atoms with Crippen molar-refractivity contribution in [3.8, 4) is 5.75 Å². The van der Waals surface area contributed by atoms with Crippen molar-refractivity contribution in [1.82, 2.24) is 19.9 Å². The van der Waals surface area contributed by atoms with Crippen LogP contribution >= 0.6 is 11.3 Å². The van der Waals surface area contributed by atoms with Crippen LogP contribution in [0.5, 0.6) is 5.75 Å². The van der Waals surface area contributed by atoms with Gasteiger partial charge in [-0.25, -0.2) is 15.0 Å². The van der Waals surface area contributed by atoms with E-state index < -0.39 is 5.60 Å². The topological polar surface area (TPSA) is 71.4 Å². The Morgan fingerprint density at radius 2 is 1.90 bits per heavy atom. The van der Waals surface area contributed by atoms with Crippen molar-refractivity contribution in [2.45, 2.75) is 58.3 Å². The molecule has 1 aromatic carbocycles. The monoisotopic (exact) mass is 438 g/mol. The zero-order valence-electron chi connectivity index (χ0n) is 18.3. The van der Waals surface area contributed by atoms with Gasteiger partial charge in [-0.1, -0.05) is 25.1 Å². The number of likely N-dealkylation sites (tertiary alicyclic amines) is 1. The van der Waals surface area contributed by atoms with Gasteiger partial charge in [-0.2, -0.15) is 0 Å². The molecule has 0 amide bonds. The van der Waals surface area contributed by atoms with Crippen LogP contribution in [0.2, 0.25) is 0 Å². The molecule has 0 radical (unpaired) electrons. The number of aliphatic hydroxyl groups is 1. The van der Waals surface area contributed by atoms with E-state index in [4.69, 9.17) is 9.72 Å². The van der Waals surface area contributed by atoms with E-state index in [2.05, 4.69) is 21.8 Å². The fraction of sp³-hybridized carbons (Fsp3) is 0.458. The molecule has 0 aliphatic carbocycles. The molecule has 1 N–H and O–H groups in total. The van der Waals surface area contributed by atoms with E-state index in [-0.39, 0.29) is 0 Å².